The molecule has 0 fully saturated rings. The van der Waals surface area contributed by atoms with E-state index < -0.39 is 5.97 Å². The summed E-state index contributed by atoms with van der Waals surface area (Å²) in [6, 6.07) is 12.9. The summed E-state index contributed by atoms with van der Waals surface area (Å²) in [6.45, 7) is 5.33. The van der Waals surface area contributed by atoms with Gasteiger partial charge in [0.05, 0.1) is 16.8 Å². The number of aromatic nitrogens is 1. The Morgan fingerprint density at radius 3 is 2.22 bits per heavy atom. The van der Waals surface area contributed by atoms with Crippen molar-refractivity contribution >= 4 is 23.3 Å². The van der Waals surface area contributed by atoms with Gasteiger partial charge in [0.2, 0.25) is 5.91 Å². The lowest BCUT2D eigenvalue weighted by Gasteiger charge is -2.08. The van der Waals surface area contributed by atoms with Crippen LogP contribution in [-0.4, -0.2) is 29.4 Å². The highest BCUT2D eigenvalue weighted by atomic mass is 16.5. The molecule has 8 heteroatoms. The van der Waals surface area contributed by atoms with Crippen LogP contribution in [0.4, 0.5) is 5.69 Å². The number of carbonyl (C=O) groups is 3. The maximum Gasteiger partial charge on any atom is 0.338 e. The number of carbonyl (C=O) groups excluding carboxylic acids is 3. The Bertz CT molecular complexity index is 1080. The Balaban J connectivity index is 1.50. The molecule has 2 aromatic carbocycles. The fourth-order valence-electron chi connectivity index (χ4n) is 2.84. The van der Waals surface area contributed by atoms with Gasteiger partial charge in [-0.1, -0.05) is 12.1 Å². The lowest BCUT2D eigenvalue weighted by Crippen LogP contribution is -2.14. The summed E-state index contributed by atoms with van der Waals surface area (Å²) >= 11 is 0. The molecule has 0 spiro atoms. The normalized spacial score (nSPS) is 10.5. The van der Waals surface area contributed by atoms with Crippen molar-refractivity contribution in [1.29, 1.82) is 0 Å². The number of ketones is 1. The first-order valence-corrected chi connectivity index (χ1v) is 10.1. The molecule has 0 unspecified atom stereocenters. The molecule has 3 rings (SSSR count). The third kappa shape index (κ3) is 5.81. The van der Waals surface area contributed by atoms with Crippen LogP contribution in [0.2, 0.25) is 0 Å². The molecule has 3 aromatic rings. The third-order valence-electron chi connectivity index (χ3n) is 4.80. The van der Waals surface area contributed by atoms with Crippen molar-refractivity contribution in [2.45, 2.75) is 33.8 Å². The highest BCUT2D eigenvalue weighted by molar-refractivity contribution is 6.00. The van der Waals surface area contributed by atoms with E-state index in [2.05, 4.69) is 10.5 Å². The van der Waals surface area contributed by atoms with E-state index in [1.807, 2.05) is 13.8 Å². The van der Waals surface area contributed by atoms with E-state index in [0.717, 1.165) is 11.3 Å². The average Bonchev–Trinajstić information content (AvgIpc) is 3.13. The molecule has 0 saturated heterocycles. The van der Waals surface area contributed by atoms with Crippen molar-refractivity contribution in [3.63, 3.8) is 0 Å². The van der Waals surface area contributed by atoms with E-state index in [1.54, 1.807) is 55.5 Å². The summed E-state index contributed by atoms with van der Waals surface area (Å²) in [4.78, 5) is 35.9. The highest BCUT2D eigenvalue weighted by Gasteiger charge is 2.13. The van der Waals surface area contributed by atoms with E-state index in [-0.39, 0.29) is 18.3 Å². The van der Waals surface area contributed by atoms with Gasteiger partial charge in [0.15, 0.2) is 12.4 Å². The molecule has 8 nitrogen and oxygen atoms in total. The number of Topliss-reactive ketones (excluding diaryl/α,β-unsaturated/α-hetero) is 1. The number of nitrogens with zero attached hydrogens (tertiary/aromatic N) is 1. The Labute approximate surface area is 185 Å². The van der Waals surface area contributed by atoms with Crippen LogP contribution >= 0.6 is 0 Å². The zero-order valence-corrected chi connectivity index (χ0v) is 18.1. The first kappa shape index (κ1) is 22.7. The Morgan fingerprint density at radius 1 is 0.969 bits per heavy atom. The van der Waals surface area contributed by atoms with Gasteiger partial charge in [-0.3, -0.25) is 9.59 Å². The fraction of sp³-hybridized carbons (Fsp3) is 0.250. The molecular weight excluding hydrogens is 412 g/mol. The SMILES string of the molecule is CCC(=O)Nc1ccc(C(=O)COC(=O)c2ccc(OCc3c(C)noc3C)cc2)cc1. The van der Waals surface area contributed by atoms with E-state index >= 15 is 0 Å². The molecule has 0 bridgehead atoms. The number of anilines is 1. The summed E-state index contributed by atoms with van der Waals surface area (Å²) < 4.78 is 15.9. The maximum atomic E-state index is 12.3. The smallest absolute Gasteiger partial charge is 0.338 e. The second kappa shape index (κ2) is 10.4. The van der Waals surface area contributed by atoms with Crippen molar-refractivity contribution in [2.24, 2.45) is 0 Å². The minimum Gasteiger partial charge on any atom is -0.489 e. The molecular formula is C24H24N2O6. The number of aryl methyl sites for hydroxylation is 2. The van der Waals surface area contributed by atoms with Crippen LogP contribution < -0.4 is 10.1 Å². The number of esters is 1. The number of amides is 1. The van der Waals surface area contributed by atoms with Gasteiger partial charge in [-0.2, -0.15) is 0 Å². The van der Waals surface area contributed by atoms with Crippen molar-refractivity contribution < 1.29 is 28.4 Å². The number of hydrogen-bond donors (Lipinski definition) is 1. The second-order valence-corrected chi connectivity index (χ2v) is 7.09. The first-order chi connectivity index (χ1) is 15.4. The number of hydrogen-bond acceptors (Lipinski definition) is 7. The predicted octanol–water partition coefficient (Wildman–Crippen LogP) is 4.26. The minimum atomic E-state index is -0.609. The lowest BCUT2D eigenvalue weighted by molar-refractivity contribution is -0.115. The molecule has 166 valence electrons. The Hall–Kier alpha value is -3.94. The van der Waals surface area contributed by atoms with Crippen LogP contribution in [0.1, 0.15) is 51.1 Å². The van der Waals surface area contributed by atoms with Crippen molar-refractivity contribution in [2.75, 3.05) is 11.9 Å². The second-order valence-electron chi connectivity index (χ2n) is 7.09. The summed E-state index contributed by atoms with van der Waals surface area (Å²) in [5.41, 5.74) is 2.94. The number of benzene rings is 2. The maximum absolute atomic E-state index is 12.3. The Kier molecular flexibility index (Phi) is 7.38. The number of ether oxygens (including phenoxy) is 2. The largest absolute Gasteiger partial charge is 0.489 e. The van der Waals surface area contributed by atoms with Gasteiger partial charge in [0.1, 0.15) is 18.1 Å². The van der Waals surface area contributed by atoms with Crippen molar-refractivity contribution in [1.82, 2.24) is 5.16 Å². The van der Waals surface area contributed by atoms with Crippen LogP contribution in [-0.2, 0) is 16.1 Å². The molecule has 1 amide bonds. The molecule has 1 heterocycles. The molecule has 0 aliphatic rings. The number of nitrogens with one attached hydrogen (secondary N) is 1. The summed E-state index contributed by atoms with van der Waals surface area (Å²) in [5.74, 6) is 0.215. The van der Waals surface area contributed by atoms with Gasteiger partial charge in [-0.05, 0) is 62.4 Å². The standard InChI is InChI=1S/C24H24N2O6/c1-4-23(28)25-19-9-5-17(6-10-19)22(27)14-31-24(29)18-7-11-20(12-8-18)30-13-21-15(2)26-32-16(21)3/h5-12H,4,13-14H2,1-3H3,(H,25,28). The van der Waals surface area contributed by atoms with Crippen LogP contribution in [0.5, 0.6) is 5.75 Å². The lowest BCUT2D eigenvalue weighted by atomic mass is 10.1. The third-order valence-corrected chi connectivity index (χ3v) is 4.80. The van der Waals surface area contributed by atoms with E-state index in [1.165, 1.54) is 0 Å². The predicted molar refractivity (Wildman–Crippen MR) is 117 cm³/mol. The average molecular weight is 436 g/mol. The van der Waals surface area contributed by atoms with Crippen LogP contribution in [0.25, 0.3) is 0 Å². The summed E-state index contributed by atoms with van der Waals surface area (Å²) in [6.07, 6.45) is 0.366. The van der Waals surface area contributed by atoms with Crippen molar-refractivity contribution in [3.8, 4) is 5.75 Å². The molecule has 1 aromatic heterocycles. The molecule has 0 atom stereocenters. The van der Waals surface area contributed by atoms with Gasteiger partial charge in [-0.15, -0.1) is 0 Å². The quantitative estimate of drug-likeness (QED) is 0.394. The monoisotopic (exact) mass is 436 g/mol. The Morgan fingerprint density at radius 2 is 1.62 bits per heavy atom. The minimum absolute atomic E-state index is 0.113. The molecule has 0 saturated carbocycles. The van der Waals surface area contributed by atoms with Gasteiger partial charge in [0, 0.05) is 17.7 Å². The summed E-state index contributed by atoms with van der Waals surface area (Å²) in [5, 5.41) is 6.58. The summed E-state index contributed by atoms with van der Waals surface area (Å²) in [7, 11) is 0. The fourth-order valence-corrected chi connectivity index (χ4v) is 2.84. The molecule has 0 aliphatic heterocycles. The number of rotatable bonds is 9. The molecule has 32 heavy (non-hydrogen) atoms. The van der Waals surface area contributed by atoms with Gasteiger partial charge < -0.3 is 19.3 Å². The van der Waals surface area contributed by atoms with Crippen molar-refractivity contribution in [3.05, 3.63) is 76.7 Å². The van der Waals surface area contributed by atoms with E-state index in [9.17, 15) is 14.4 Å². The highest BCUT2D eigenvalue weighted by Crippen LogP contribution is 2.18. The van der Waals surface area contributed by atoms with Crippen LogP contribution in [0, 0.1) is 13.8 Å². The molecule has 0 aliphatic carbocycles. The van der Waals surface area contributed by atoms with Crippen LogP contribution in [0.3, 0.4) is 0 Å². The zero-order valence-electron chi connectivity index (χ0n) is 18.1. The van der Waals surface area contributed by atoms with Gasteiger partial charge >= 0.3 is 5.97 Å². The van der Waals surface area contributed by atoms with Gasteiger partial charge in [-0.25, -0.2) is 4.79 Å². The van der Waals surface area contributed by atoms with Gasteiger partial charge in [0.25, 0.3) is 0 Å². The zero-order chi connectivity index (χ0) is 23.1. The van der Waals surface area contributed by atoms with Crippen LogP contribution in [0.15, 0.2) is 53.1 Å². The topological polar surface area (TPSA) is 108 Å². The molecule has 0 radical (unpaired) electrons. The molecule has 1 N–H and O–H groups in total. The first-order valence-electron chi connectivity index (χ1n) is 10.1. The van der Waals surface area contributed by atoms with E-state index in [4.69, 9.17) is 14.0 Å². The van der Waals surface area contributed by atoms with E-state index in [0.29, 0.717) is 41.4 Å².